The molecule has 1 atom stereocenters. The molecule has 1 aromatic carbocycles. The molecule has 31 heavy (non-hydrogen) atoms. The van der Waals surface area contributed by atoms with Crippen LogP contribution in [0.3, 0.4) is 0 Å². The van der Waals surface area contributed by atoms with E-state index in [1.54, 1.807) is 19.9 Å². The number of hydrogen-bond acceptors (Lipinski definition) is 3. The minimum absolute atomic E-state index is 0.00953. The molecule has 0 saturated heterocycles. The van der Waals surface area contributed by atoms with Crippen molar-refractivity contribution in [2.24, 2.45) is 0 Å². The molecule has 0 aliphatic rings. The standard InChI is InChI=1S/C23H29ClF3NO3/c1-5-8-11-31-15(4)12-17-14-18(22(29)30-7-3)20(6-2)28(17)21-10-9-16(24)13-19(21)23(25,26)27/h9-10,13-15H,5-8,11-12H2,1-4H3/t15-/m0/s1. The van der Waals surface area contributed by atoms with Gasteiger partial charge in [0.25, 0.3) is 0 Å². The first-order valence-corrected chi connectivity index (χ1v) is 10.9. The molecule has 2 aromatic rings. The van der Waals surface area contributed by atoms with E-state index >= 15 is 0 Å². The molecule has 2 rings (SSSR count). The van der Waals surface area contributed by atoms with Crippen LogP contribution in [-0.4, -0.2) is 29.9 Å². The Bertz CT molecular complexity index is 893. The zero-order chi connectivity index (χ0) is 23.2. The number of aromatic nitrogens is 1. The summed E-state index contributed by atoms with van der Waals surface area (Å²) in [7, 11) is 0. The molecule has 0 radical (unpaired) electrons. The lowest BCUT2D eigenvalue weighted by molar-refractivity contribution is -0.137. The second-order valence-corrected chi connectivity index (χ2v) is 7.74. The van der Waals surface area contributed by atoms with Crippen LogP contribution in [0, 0.1) is 0 Å². The van der Waals surface area contributed by atoms with Crippen LogP contribution in [-0.2, 0) is 28.5 Å². The van der Waals surface area contributed by atoms with Crippen LogP contribution in [0.5, 0.6) is 0 Å². The van der Waals surface area contributed by atoms with Gasteiger partial charge in [-0.15, -0.1) is 0 Å². The van der Waals surface area contributed by atoms with Crippen LogP contribution in [0.15, 0.2) is 24.3 Å². The van der Waals surface area contributed by atoms with E-state index in [1.165, 1.54) is 16.7 Å². The van der Waals surface area contributed by atoms with Crippen LogP contribution >= 0.6 is 11.6 Å². The molecule has 0 N–H and O–H groups in total. The monoisotopic (exact) mass is 459 g/mol. The van der Waals surface area contributed by atoms with Crippen molar-refractivity contribution in [2.75, 3.05) is 13.2 Å². The molecule has 0 fully saturated rings. The van der Waals surface area contributed by atoms with Crippen molar-refractivity contribution in [3.8, 4) is 5.69 Å². The van der Waals surface area contributed by atoms with Gasteiger partial charge in [-0.3, -0.25) is 0 Å². The van der Waals surface area contributed by atoms with Gasteiger partial charge in [-0.2, -0.15) is 13.2 Å². The maximum Gasteiger partial charge on any atom is 0.418 e. The van der Waals surface area contributed by atoms with E-state index in [0.29, 0.717) is 30.8 Å². The Balaban J connectivity index is 2.65. The summed E-state index contributed by atoms with van der Waals surface area (Å²) in [6, 6.07) is 5.28. The number of benzene rings is 1. The zero-order valence-electron chi connectivity index (χ0n) is 18.3. The Kier molecular flexibility index (Phi) is 9.01. The number of esters is 1. The topological polar surface area (TPSA) is 40.5 Å². The average Bonchev–Trinajstić information content (AvgIpc) is 3.05. The highest BCUT2D eigenvalue weighted by molar-refractivity contribution is 6.30. The predicted octanol–water partition coefficient (Wildman–Crippen LogP) is 6.64. The van der Waals surface area contributed by atoms with Gasteiger partial charge < -0.3 is 14.0 Å². The number of carbonyl (C=O) groups excluding carboxylic acids is 1. The summed E-state index contributed by atoms with van der Waals surface area (Å²) in [4.78, 5) is 12.5. The molecule has 1 aromatic heterocycles. The van der Waals surface area contributed by atoms with Gasteiger partial charge in [0.05, 0.1) is 29.5 Å². The quantitative estimate of drug-likeness (QED) is 0.295. The molecule has 1 heterocycles. The number of unbranched alkanes of at least 4 members (excludes halogenated alkanes) is 1. The lowest BCUT2D eigenvalue weighted by atomic mass is 10.1. The number of nitrogens with zero attached hydrogens (tertiary/aromatic N) is 1. The summed E-state index contributed by atoms with van der Waals surface area (Å²) in [5.41, 5.74) is 0.350. The SMILES string of the molecule is CCCCO[C@@H](C)Cc1cc(C(=O)OCC)c(CC)n1-c1ccc(Cl)cc1C(F)(F)F. The van der Waals surface area contributed by atoms with Crippen molar-refractivity contribution < 1.29 is 27.4 Å². The number of halogens is 4. The molecular weight excluding hydrogens is 431 g/mol. The molecule has 0 amide bonds. The minimum atomic E-state index is -4.61. The number of hydrogen-bond donors (Lipinski definition) is 0. The Morgan fingerprint density at radius 3 is 2.48 bits per heavy atom. The van der Waals surface area contributed by atoms with Gasteiger partial charge in [0, 0.05) is 29.4 Å². The van der Waals surface area contributed by atoms with Gasteiger partial charge in [0.1, 0.15) is 0 Å². The molecule has 0 aliphatic heterocycles. The van der Waals surface area contributed by atoms with Crippen LogP contribution in [0.2, 0.25) is 5.02 Å². The number of ether oxygens (including phenoxy) is 2. The molecular formula is C23H29ClF3NO3. The predicted molar refractivity (Wildman–Crippen MR) is 115 cm³/mol. The first-order valence-electron chi connectivity index (χ1n) is 10.5. The van der Waals surface area contributed by atoms with Crippen LogP contribution in [0.1, 0.15) is 67.8 Å². The molecule has 0 saturated carbocycles. The van der Waals surface area contributed by atoms with E-state index < -0.39 is 17.7 Å². The largest absolute Gasteiger partial charge is 0.462 e. The number of carbonyl (C=O) groups is 1. The van der Waals surface area contributed by atoms with Gasteiger partial charge in [-0.05, 0) is 51.0 Å². The summed E-state index contributed by atoms with van der Waals surface area (Å²) in [6.07, 6.45) is -2.28. The highest BCUT2D eigenvalue weighted by Crippen LogP contribution is 2.38. The smallest absolute Gasteiger partial charge is 0.418 e. The second-order valence-electron chi connectivity index (χ2n) is 7.30. The van der Waals surface area contributed by atoms with Crippen molar-refractivity contribution in [2.45, 2.75) is 65.7 Å². The fraction of sp³-hybridized carbons (Fsp3) is 0.522. The molecule has 0 aliphatic carbocycles. The lowest BCUT2D eigenvalue weighted by Crippen LogP contribution is -2.18. The van der Waals surface area contributed by atoms with Crippen molar-refractivity contribution in [3.05, 3.63) is 51.8 Å². The van der Waals surface area contributed by atoms with Gasteiger partial charge in [-0.25, -0.2) is 4.79 Å². The fourth-order valence-electron chi connectivity index (χ4n) is 3.51. The third-order valence-corrected chi connectivity index (χ3v) is 5.15. The number of rotatable bonds is 10. The van der Waals surface area contributed by atoms with Crippen molar-refractivity contribution in [1.82, 2.24) is 4.57 Å². The summed E-state index contributed by atoms with van der Waals surface area (Å²) < 4.78 is 54.0. The lowest BCUT2D eigenvalue weighted by Gasteiger charge is -2.21. The van der Waals surface area contributed by atoms with E-state index in [9.17, 15) is 18.0 Å². The molecule has 172 valence electrons. The molecule has 0 unspecified atom stereocenters. The second kappa shape index (κ2) is 11.0. The Morgan fingerprint density at radius 2 is 1.90 bits per heavy atom. The fourth-order valence-corrected chi connectivity index (χ4v) is 3.68. The molecule has 8 heteroatoms. The maximum absolute atomic E-state index is 13.8. The third kappa shape index (κ3) is 6.26. The summed E-state index contributed by atoms with van der Waals surface area (Å²) in [5, 5.41) is -0.00953. The summed E-state index contributed by atoms with van der Waals surface area (Å²) >= 11 is 5.87. The zero-order valence-corrected chi connectivity index (χ0v) is 19.1. The summed E-state index contributed by atoms with van der Waals surface area (Å²) in [5.74, 6) is -0.554. The van der Waals surface area contributed by atoms with Crippen LogP contribution in [0.4, 0.5) is 13.2 Å². The maximum atomic E-state index is 13.8. The third-order valence-electron chi connectivity index (χ3n) is 4.91. The Hall–Kier alpha value is -1.99. The van der Waals surface area contributed by atoms with Gasteiger partial charge in [0.15, 0.2) is 0 Å². The molecule has 0 bridgehead atoms. The van der Waals surface area contributed by atoms with Crippen molar-refractivity contribution in [1.29, 1.82) is 0 Å². The highest BCUT2D eigenvalue weighted by atomic mass is 35.5. The van der Waals surface area contributed by atoms with E-state index in [0.717, 1.165) is 18.9 Å². The van der Waals surface area contributed by atoms with Gasteiger partial charge in [0.2, 0.25) is 0 Å². The molecule has 4 nitrogen and oxygen atoms in total. The van der Waals surface area contributed by atoms with E-state index in [2.05, 4.69) is 6.92 Å². The minimum Gasteiger partial charge on any atom is -0.462 e. The normalized spacial score (nSPS) is 12.8. The number of alkyl halides is 3. The van der Waals surface area contributed by atoms with Crippen molar-refractivity contribution >= 4 is 17.6 Å². The van der Waals surface area contributed by atoms with E-state index in [-0.39, 0.29) is 29.0 Å². The molecule has 0 spiro atoms. The first kappa shape index (κ1) is 25.3. The highest BCUT2D eigenvalue weighted by Gasteiger charge is 2.36. The van der Waals surface area contributed by atoms with Gasteiger partial charge >= 0.3 is 12.1 Å². The van der Waals surface area contributed by atoms with Crippen LogP contribution in [0.25, 0.3) is 5.69 Å². The van der Waals surface area contributed by atoms with Crippen molar-refractivity contribution in [3.63, 3.8) is 0 Å². The average molecular weight is 460 g/mol. The van der Waals surface area contributed by atoms with Crippen LogP contribution < -0.4 is 0 Å². The summed E-state index contributed by atoms with van der Waals surface area (Å²) in [6.45, 7) is 8.15. The van der Waals surface area contributed by atoms with E-state index in [1.807, 2.05) is 6.92 Å². The Morgan fingerprint density at radius 1 is 1.19 bits per heavy atom. The first-order chi connectivity index (χ1) is 14.6. The van der Waals surface area contributed by atoms with Gasteiger partial charge in [-0.1, -0.05) is 31.9 Å². The van der Waals surface area contributed by atoms with E-state index in [4.69, 9.17) is 21.1 Å². The Labute approximate surface area is 186 Å².